The van der Waals surface area contributed by atoms with Crippen LogP contribution in [0.2, 0.25) is 0 Å². The van der Waals surface area contributed by atoms with Crippen molar-refractivity contribution < 1.29 is 9.59 Å². The highest BCUT2D eigenvalue weighted by atomic mass is 16.2. The standard InChI is InChI=1S/C20H23N3O2/c1-2-22(15-11-16-9-12-21-13-10-16)19(24)20(25)23-14-5-7-17-6-3-4-8-18(17)23/h3-4,6,8-10,12-13H,2,5,7,11,14-15H2,1H3. The Hall–Kier alpha value is -2.69. The van der Waals surface area contributed by atoms with Crippen molar-refractivity contribution in [2.24, 2.45) is 0 Å². The number of carbonyl (C=O) groups excluding carboxylic acids is 2. The Bertz CT molecular complexity index is 746. The fraction of sp³-hybridized carbons (Fsp3) is 0.350. The number of fused-ring (bicyclic) bond motifs is 1. The van der Waals surface area contributed by atoms with Crippen LogP contribution in [0, 0.1) is 0 Å². The Morgan fingerprint density at radius 2 is 1.92 bits per heavy atom. The molecule has 1 aromatic heterocycles. The van der Waals surface area contributed by atoms with Crippen molar-refractivity contribution in [3.8, 4) is 0 Å². The molecule has 0 fully saturated rings. The molecule has 0 radical (unpaired) electrons. The molecule has 0 unspecified atom stereocenters. The minimum absolute atomic E-state index is 0.423. The van der Waals surface area contributed by atoms with E-state index in [-0.39, 0.29) is 0 Å². The second kappa shape index (κ2) is 7.92. The largest absolute Gasteiger partial charge is 0.334 e. The second-order valence-corrected chi connectivity index (χ2v) is 6.18. The molecule has 1 aliphatic rings. The van der Waals surface area contributed by atoms with E-state index in [0.717, 1.165) is 29.7 Å². The summed E-state index contributed by atoms with van der Waals surface area (Å²) in [5.41, 5.74) is 3.11. The maximum Gasteiger partial charge on any atom is 0.316 e. The van der Waals surface area contributed by atoms with Gasteiger partial charge in [-0.3, -0.25) is 14.6 Å². The van der Waals surface area contributed by atoms with Crippen molar-refractivity contribution in [2.45, 2.75) is 26.2 Å². The molecule has 0 atom stereocenters. The number of aryl methyl sites for hydroxylation is 1. The predicted molar refractivity (Wildman–Crippen MR) is 97.3 cm³/mol. The molecule has 0 bridgehead atoms. The van der Waals surface area contributed by atoms with E-state index < -0.39 is 11.8 Å². The topological polar surface area (TPSA) is 53.5 Å². The van der Waals surface area contributed by atoms with E-state index in [1.807, 2.05) is 43.3 Å². The summed E-state index contributed by atoms with van der Waals surface area (Å²) in [7, 11) is 0. The summed E-state index contributed by atoms with van der Waals surface area (Å²) in [5, 5.41) is 0. The highest BCUT2D eigenvalue weighted by Gasteiger charge is 2.29. The molecule has 1 aromatic carbocycles. The SMILES string of the molecule is CCN(CCc1ccncc1)C(=O)C(=O)N1CCCc2ccccc21. The Morgan fingerprint density at radius 1 is 1.16 bits per heavy atom. The fourth-order valence-corrected chi connectivity index (χ4v) is 3.21. The van der Waals surface area contributed by atoms with Crippen LogP contribution in [0.15, 0.2) is 48.8 Å². The van der Waals surface area contributed by atoms with E-state index in [1.54, 1.807) is 22.2 Å². The summed E-state index contributed by atoms with van der Waals surface area (Å²) >= 11 is 0. The highest BCUT2D eigenvalue weighted by molar-refractivity contribution is 6.40. The lowest BCUT2D eigenvalue weighted by Gasteiger charge is -2.31. The van der Waals surface area contributed by atoms with Crippen molar-refractivity contribution in [1.29, 1.82) is 0 Å². The average Bonchev–Trinajstić information content (AvgIpc) is 2.68. The molecule has 0 saturated heterocycles. The molecule has 0 aliphatic carbocycles. The minimum atomic E-state index is -0.427. The number of rotatable bonds is 4. The minimum Gasteiger partial charge on any atom is -0.334 e. The number of pyridine rings is 1. The molecular formula is C20H23N3O2. The van der Waals surface area contributed by atoms with Crippen LogP contribution < -0.4 is 4.90 Å². The van der Waals surface area contributed by atoms with E-state index in [0.29, 0.717) is 26.1 Å². The average molecular weight is 337 g/mol. The van der Waals surface area contributed by atoms with Crippen LogP contribution in [0.3, 0.4) is 0 Å². The zero-order chi connectivity index (χ0) is 17.6. The van der Waals surface area contributed by atoms with Gasteiger partial charge in [-0.15, -0.1) is 0 Å². The molecule has 2 heterocycles. The molecular weight excluding hydrogens is 314 g/mol. The third-order valence-electron chi connectivity index (χ3n) is 4.63. The Labute approximate surface area is 148 Å². The zero-order valence-electron chi connectivity index (χ0n) is 14.5. The summed E-state index contributed by atoms with van der Waals surface area (Å²) in [5.74, 6) is -0.850. The van der Waals surface area contributed by atoms with Crippen LogP contribution in [0.5, 0.6) is 0 Å². The molecule has 130 valence electrons. The lowest BCUT2D eigenvalue weighted by molar-refractivity contribution is -0.144. The third kappa shape index (κ3) is 3.87. The summed E-state index contributed by atoms with van der Waals surface area (Å²) in [6.07, 6.45) is 6.03. The molecule has 25 heavy (non-hydrogen) atoms. The van der Waals surface area contributed by atoms with Gasteiger partial charge in [0.2, 0.25) is 0 Å². The smallest absolute Gasteiger partial charge is 0.316 e. The molecule has 0 saturated carbocycles. The lowest BCUT2D eigenvalue weighted by Crippen LogP contribution is -2.47. The highest BCUT2D eigenvalue weighted by Crippen LogP contribution is 2.26. The van der Waals surface area contributed by atoms with Gasteiger partial charge in [0.1, 0.15) is 0 Å². The zero-order valence-corrected chi connectivity index (χ0v) is 14.5. The molecule has 5 nitrogen and oxygen atoms in total. The first-order valence-corrected chi connectivity index (χ1v) is 8.78. The van der Waals surface area contributed by atoms with Crippen molar-refractivity contribution in [3.05, 3.63) is 59.9 Å². The van der Waals surface area contributed by atoms with Gasteiger partial charge < -0.3 is 9.80 Å². The number of anilines is 1. The normalized spacial score (nSPS) is 13.2. The van der Waals surface area contributed by atoms with Gasteiger partial charge in [0.25, 0.3) is 0 Å². The van der Waals surface area contributed by atoms with Crippen molar-refractivity contribution in [2.75, 3.05) is 24.5 Å². The van der Waals surface area contributed by atoms with Crippen LogP contribution >= 0.6 is 0 Å². The van der Waals surface area contributed by atoms with Crippen molar-refractivity contribution in [1.82, 2.24) is 9.88 Å². The van der Waals surface area contributed by atoms with E-state index in [1.165, 1.54) is 0 Å². The number of hydrogen-bond donors (Lipinski definition) is 0. The van der Waals surface area contributed by atoms with Crippen LogP contribution in [-0.4, -0.2) is 41.3 Å². The number of likely N-dealkylation sites (N-methyl/N-ethyl adjacent to an activating group) is 1. The van der Waals surface area contributed by atoms with Crippen LogP contribution in [0.1, 0.15) is 24.5 Å². The van der Waals surface area contributed by atoms with Crippen molar-refractivity contribution in [3.63, 3.8) is 0 Å². The van der Waals surface area contributed by atoms with Crippen LogP contribution in [0.4, 0.5) is 5.69 Å². The number of nitrogens with zero attached hydrogens (tertiary/aromatic N) is 3. The molecule has 0 spiro atoms. The van der Waals surface area contributed by atoms with Gasteiger partial charge in [0, 0.05) is 37.7 Å². The van der Waals surface area contributed by atoms with E-state index in [9.17, 15) is 9.59 Å². The number of benzene rings is 1. The van der Waals surface area contributed by atoms with Gasteiger partial charge in [-0.2, -0.15) is 0 Å². The maximum absolute atomic E-state index is 12.8. The quantitative estimate of drug-likeness (QED) is 0.805. The first-order chi connectivity index (χ1) is 12.2. The maximum atomic E-state index is 12.8. The van der Waals surface area contributed by atoms with Gasteiger partial charge in [0.05, 0.1) is 0 Å². The number of aromatic nitrogens is 1. The molecule has 3 rings (SSSR count). The van der Waals surface area contributed by atoms with E-state index in [2.05, 4.69) is 4.98 Å². The number of amides is 2. The molecule has 1 aliphatic heterocycles. The van der Waals surface area contributed by atoms with Gasteiger partial charge in [-0.25, -0.2) is 0 Å². The number of hydrogen-bond acceptors (Lipinski definition) is 3. The van der Waals surface area contributed by atoms with Crippen molar-refractivity contribution >= 4 is 17.5 Å². The summed E-state index contributed by atoms with van der Waals surface area (Å²) in [6.45, 7) is 3.55. The van der Waals surface area contributed by atoms with Gasteiger partial charge >= 0.3 is 11.8 Å². The lowest BCUT2D eigenvalue weighted by atomic mass is 10.0. The summed E-state index contributed by atoms with van der Waals surface area (Å²) < 4.78 is 0. The molecule has 0 N–H and O–H groups in total. The summed E-state index contributed by atoms with van der Waals surface area (Å²) in [6, 6.07) is 11.7. The van der Waals surface area contributed by atoms with E-state index in [4.69, 9.17) is 0 Å². The van der Waals surface area contributed by atoms with Crippen LogP contribution in [-0.2, 0) is 22.4 Å². The van der Waals surface area contributed by atoms with Crippen LogP contribution in [0.25, 0.3) is 0 Å². The molecule has 2 aromatic rings. The molecule has 5 heteroatoms. The second-order valence-electron chi connectivity index (χ2n) is 6.18. The Balaban J connectivity index is 1.69. The fourth-order valence-electron chi connectivity index (χ4n) is 3.21. The Morgan fingerprint density at radius 3 is 2.68 bits per heavy atom. The summed E-state index contributed by atoms with van der Waals surface area (Å²) in [4.78, 5) is 32.8. The predicted octanol–water partition coefficient (Wildman–Crippen LogP) is 2.45. The number of carbonyl (C=O) groups is 2. The van der Waals surface area contributed by atoms with E-state index >= 15 is 0 Å². The molecule has 2 amide bonds. The van der Waals surface area contributed by atoms with Gasteiger partial charge in [-0.1, -0.05) is 18.2 Å². The van der Waals surface area contributed by atoms with Gasteiger partial charge in [0.15, 0.2) is 0 Å². The first-order valence-electron chi connectivity index (χ1n) is 8.78. The Kier molecular flexibility index (Phi) is 5.43. The first kappa shape index (κ1) is 17.1. The van der Waals surface area contributed by atoms with Gasteiger partial charge in [-0.05, 0) is 55.5 Å². The monoisotopic (exact) mass is 337 g/mol. The number of para-hydroxylation sites is 1. The third-order valence-corrected chi connectivity index (χ3v) is 4.63.